The van der Waals surface area contributed by atoms with Crippen LogP contribution in [0.5, 0.6) is 0 Å². The molecule has 4 heteroatoms. The van der Waals surface area contributed by atoms with Crippen molar-refractivity contribution < 1.29 is 9.79 Å². The van der Waals surface area contributed by atoms with Gasteiger partial charge >= 0.3 is 220 Å². The van der Waals surface area contributed by atoms with Crippen LogP contribution in [0.1, 0.15) is 175 Å². The number of hydrogen-bond donors (Lipinski definition) is 2. The van der Waals surface area contributed by atoms with Gasteiger partial charge in [0.15, 0.2) is 0 Å². The molecule has 0 amide bonds. The molecule has 208 valence electrons. The zero-order chi connectivity index (χ0) is 25.2. The fraction of sp³-hybridized carbons (Fsp3) is 1.00. The van der Waals surface area contributed by atoms with Crippen LogP contribution in [0.4, 0.5) is 0 Å². The Kier molecular flexibility index (Phi) is 24.6. The van der Waals surface area contributed by atoms with E-state index >= 15 is 0 Å². The van der Waals surface area contributed by atoms with Gasteiger partial charge in [0.2, 0.25) is 0 Å². The molecule has 34 heavy (non-hydrogen) atoms. The average Bonchev–Trinajstić information content (AvgIpc) is 2.81. The first kappa shape index (κ1) is 34.7. The first-order valence-electron chi connectivity index (χ1n) is 15.6. The maximum atomic E-state index is 11.6. The summed E-state index contributed by atoms with van der Waals surface area (Å²) in [5.74, 6) is 0.938. The third-order valence-electron chi connectivity index (χ3n) is 7.31. The number of rotatable bonds is 28. The number of unbranched alkanes of at least 4 members (excludes halogenated alkanes) is 21. The van der Waals surface area contributed by atoms with E-state index in [-0.39, 0.29) is 0 Å². The molecule has 0 unspecified atom stereocenters. The minimum atomic E-state index is -3.57. The zero-order valence-corrected chi connectivity index (χ0v) is 25.6. The fourth-order valence-corrected chi connectivity index (χ4v) is 11.0. The summed E-state index contributed by atoms with van der Waals surface area (Å²) in [5, 5.41) is 0. The Balaban J connectivity index is 4.26. The van der Waals surface area contributed by atoms with Crippen LogP contribution < -0.4 is 0 Å². The second-order valence-corrected chi connectivity index (χ2v) is 18.5. The van der Waals surface area contributed by atoms with Crippen molar-refractivity contribution in [1.29, 1.82) is 0 Å². The van der Waals surface area contributed by atoms with Crippen molar-refractivity contribution in [2.45, 2.75) is 175 Å². The van der Waals surface area contributed by atoms with Gasteiger partial charge in [0.1, 0.15) is 0 Å². The second-order valence-electron chi connectivity index (χ2n) is 11.0. The van der Waals surface area contributed by atoms with Gasteiger partial charge in [0.05, 0.1) is 0 Å². The fourth-order valence-electron chi connectivity index (χ4n) is 4.88. The van der Waals surface area contributed by atoms with Crippen LogP contribution in [0.25, 0.3) is 0 Å². The Bertz CT molecular complexity index is 393. The molecule has 0 aromatic carbocycles. The van der Waals surface area contributed by atoms with E-state index in [4.69, 9.17) is 0 Å². The Hall–Kier alpha value is 0.700. The normalized spacial score (nSPS) is 13.3. The van der Waals surface area contributed by atoms with Crippen LogP contribution in [-0.2, 0) is 0 Å². The SMILES string of the molecule is CCCCCCCCCCSP(O)(O)(CCCCCCCCCC)CCCCCCCCCC. The molecule has 0 radical (unpaired) electrons. The van der Waals surface area contributed by atoms with E-state index in [2.05, 4.69) is 20.8 Å². The van der Waals surface area contributed by atoms with Crippen LogP contribution in [0.2, 0.25) is 0 Å². The summed E-state index contributed by atoms with van der Waals surface area (Å²) in [6, 6.07) is 0. The molecule has 0 rings (SSSR count). The summed E-state index contributed by atoms with van der Waals surface area (Å²) in [4.78, 5) is 23.1. The monoisotopic (exact) mass is 520 g/mol. The van der Waals surface area contributed by atoms with Crippen LogP contribution in [-0.4, -0.2) is 27.9 Å². The van der Waals surface area contributed by atoms with E-state index in [0.29, 0.717) is 12.3 Å². The van der Waals surface area contributed by atoms with Gasteiger partial charge in [0.25, 0.3) is 0 Å². The van der Waals surface area contributed by atoms with Crippen molar-refractivity contribution in [3.05, 3.63) is 0 Å². The van der Waals surface area contributed by atoms with Crippen LogP contribution in [0.3, 0.4) is 0 Å². The molecule has 0 saturated heterocycles. The molecule has 0 aliphatic rings. The van der Waals surface area contributed by atoms with Gasteiger partial charge < -0.3 is 0 Å². The molecular formula is C30H65O2PS. The van der Waals surface area contributed by atoms with E-state index in [1.165, 1.54) is 135 Å². The van der Waals surface area contributed by atoms with Crippen molar-refractivity contribution in [2.24, 2.45) is 0 Å². The van der Waals surface area contributed by atoms with Crippen LogP contribution in [0, 0.1) is 0 Å². The minimum absolute atomic E-state index is 0.665. The molecule has 0 atom stereocenters. The van der Waals surface area contributed by atoms with Gasteiger partial charge in [-0.1, -0.05) is 0 Å². The van der Waals surface area contributed by atoms with Gasteiger partial charge in [-0.05, 0) is 0 Å². The van der Waals surface area contributed by atoms with E-state index in [1.807, 2.05) is 0 Å². The van der Waals surface area contributed by atoms with Gasteiger partial charge in [0, 0.05) is 0 Å². The van der Waals surface area contributed by atoms with Crippen molar-refractivity contribution in [3.63, 3.8) is 0 Å². The topological polar surface area (TPSA) is 40.5 Å². The molecule has 2 N–H and O–H groups in total. The molecule has 0 aliphatic heterocycles. The second kappa shape index (κ2) is 24.1. The van der Waals surface area contributed by atoms with Crippen molar-refractivity contribution in [2.75, 3.05) is 18.1 Å². The van der Waals surface area contributed by atoms with Gasteiger partial charge in [-0.3, -0.25) is 0 Å². The van der Waals surface area contributed by atoms with Gasteiger partial charge in [-0.25, -0.2) is 0 Å². The summed E-state index contributed by atoms with van der Waals surface area (Å²) in [5.41, 5.74) is 0. The van der Waals surface area contributed by atoms with Crippen molar-refractivity contribution >= 4 is 17.6 Å². The first-order valence-corrected chi connectivity index (χ1v) is 19.7. The Morgan fingerprint density at radius 3 is 0.971 bits per heavy atom. The molecule has 0 aromatic rings. The average molecular weight is 521 g/mol. The quantitative estimate of drug-likeness (QED) is 0.0796. The summed E-state index contributed by atoms with van der Waals surface area (Å²) in [6.07, 6.45) is 28.5. The molecule has 0 heterocycles. The predicted octanol–water partition coefficient (Wildman–Crippen LogP) is 11.4. The Morgan fingerprint density at radius 2 is 0.647 bits per heavy atom. The third-order valence-corrected chi connectivity index (χ3v) is 14.2. The Labute approximate surface area is 220 Å². The van der Waals surface area contributed by atoms with Gasteiger partial charge in [-0.15, -0.1) is 0 Å². The van der Waals surface area contributed by atoms with E-state index in [9.17, 15) is 9.79 Å². The first-order chi connectivity index (χ1) is 16.5. The summed E-state index contributed by atoms with van der Waals surface area (Å²) in [6.45, 7) is 6.81. The molecule has 0 aromatic heterocycles. The van der Waals surface area contributed by atoms with Crippen molar-refractivity contribution in [3.8, 4) is 0 Å². The number of hydrogen-bond acceptors (Lipinski definition) is 3. The van der Waals surface area contributed by atoms with Crippen LogP contribution in [0.15, 0.2) is 0 Å². The van der Waals surface area contributed by atoms with E-state index < -0.39 is 6.26 Å². The third kappa shape index (κ3) is 23.1. The molecule has 0 bridgehead atoms. The predicted molar refractivity (Wildman–Crippen MR) is 161 cm³/mol. The molecule has 0 spiro atoms. The molecule has 0 aliphatic carbocycles. The molecule has 0 saturated carbocycles. The Morgan fingerprint density at radius 1 is 0.382 bits per heavy atom. The van der Waals surface area contributed by atoms with Crippen molar-refractivity contribution in [1.82, 2.24) is 0 Å². The van der Waals surface area contributed by atoms with E-state index in [1.54, 1.807) is 11.4 Å². The van der Waals surface area contributed by atoms with Gasteiger partial charge in [-0.2, -0.15) is 0 Å². The summed E-state index contributed by atoms with van der Waals surface area (Å²) >= 11 is 1.59. The van der Waals surface area contributed by atoms with Crippen LogP contribution >= 0.6 is 17.6 Å². The summed E-state index contributed by atoms with van der Waals surface area (Å²) in [7, 11) is 0. The summed E-state index contributed by atoms with van der Waals surface area (Å²) < 4.78 is 0. The standard InChI is InChI=1S/C30H65O2PS/c1-4-7-10-13-16-19-22-25-28-33(31,32,29-26-23-20-17-14-11-8-5-2)34-30-27-24-21-18-15-12-9-6-3/h31-32H,4-30H2,1-3H3. The van der Waals surface area contributed by atoms with E-state index in [0.717, 1.165) is 25.0 Å². The molecule has 2 nitrogen and oxygen atoms in total. The maximum absolute atomic E-state index is 11.6. The molecule has 0 fully saturated rings. The zero-order valence-electron chi connectivity index (χ0n) is 23.8. The molecular weight excluding hydrogens is 455 g/mol.